The van der Waals surface area contributed by atoms with Crippen molar-refractivity contribution >= 4 is 28.8 Å². The second-order valence-electron chi connectivity index (χ2n) is 4.92. The molecule has 1 aliphatic heterocycles. The fourth-order valence-corrected chi connectivity index (χ4v) is 2.65. The quantitative estimate of drug-likeness (QED) is 0.867. The maximum Gasteiger partial charge on any atom is 0.258 e. The molecule has 106 valence electrons. The van der Waals surface area contributed by atoms with Crippen LogP contribution in [0, 0.1) is 5.82 Å². The summed E-state index contributed by atoms with van der Waals surface area (Å²) < 4.78 is 13.4. The molecule has 0 saturated carbocycles. The molecule has 0 spiro atoms. The number of fused-ring (bicyclic) bond motifs is 1. The second-order valence-corrected chi connectivity index (χ2v) is 5.36. The van der Waals surface area contributed by atoms with Gasteiger partial charge in [-0.25, -0.2) is 4.39 Å². The molecule has 2 aromatic rings. The van der Waals surface area contributed by atoms with Crippen LogP contribution >= 0.6 is 12.2 Å². The van der Waals surface area contributed by atoms with E-state index >= 15 is 0 Å². The maximum atomic E-state index is 13.4. The maximum absolute atomic E-state index is 13.4. The average molecular weight is 300 g/mol. The van der Waals surface area contributed by atoms with E-state index in [1.165, 1.54) is 12.1 Å². The lowest BCUT2D eigenvalue weighted by molar-refractivity contribution is 0.0989. The Labute approximate surface area is 127 Å². The smallest absolute Gasteiger partial charge is 0.258 e. The van der Waals surface area contributed by atoms with Crippen molar-refractivity contribution in [3.63, 3.8) is 0 Å². The number of rotatable bonds is 2. The number of hydrogen-bond acceptors (Lipinski definition) is 2. The van der Waals surface area contributed by atoms with Crippen LogP contribution < -0.4 is 10.6 Å². The molecular weight excluding hydrogens is 287 g/mol. The van der Waals surface area contributed by atoms with E-state index in [0.717, 1.165) is 12.0 Å². The summed E-state index contributed by atoms with van der Waals surface area (Å²) in [6, 6.07) is 11.4. The van der Waals surface area contributed by atoms with E-state index in [4.69, 9.17) is 18.0 Å². The molecule has 1 amide bonds. The molecule has 1 heterocycles. The monoisotopic (exact) mass is 300 g/mol. The first-order chi connectivity index (χ1) is 10.1. The number of amides is 1. The number of halogens is 1. The van der Waals surface area contributed by atoms with Crippen molar-refractivity contribution < 1.29 is 9.18 Å². The van der Waals surface area contributed by atoms with Gasteiger partial charge in [0.25, 0.3) is 5.91 Å². The van der Waals surface area contributed by atoms with Gasteiger partial charge in [0.05, 0.1) is 5.69 Å². The number of carbonyl (C=O) groups excluding carboxylic acids is 1. The van der Waals surface area contributed by atoms with Gasteiger partial charge in [-0.05, 0) is 36.2 Å². The molecular formula is C16H13FN2OS. The highest BCUT2D eigenvalue weighted by atomic mass is 32.1. The molecule has 0 unspecified atom stereocenters. The third-order valence-corrected chi connectivity index (χ3v) is 3.82. The summed E-state index contributed by atoms with van der Waals surface area (Å²) in [5, 5.41) is 0. The van der Waals surface area contributed by atoms with Gasteiger partial charge in [0.2, 0.25) is 0 Å². The predicted molar refractivity (Wildman–Crippen MR) is 84.1 cm³/mol. The minimum Gasteiger partial charge on any atom is -0.389 e. The number of thiocarbonyl (C=S) groups is 1. The first kappa shape index (κ1) is 13.7. The lowest BCUT2D eigenvalue weighted by atomic mass is 10.1. The number of carbonyl (C=O) groups is 1. The van der Waals surface area contributed by atoms with E-state index in [1.807, 2.05) is 0 Å². The van der Waals surface area contributed by atoms with E-state index in [9.17, 15) is 9.18 Å². The van der Waals surface area contributed by atoms with E-state index in [0.29, 0.717) is 23.4 Å². The van der Waals surface area contributed by atoms with Crippen LogP contribution in [0.3, 0.4) is 0 Å². The van der Waals surface area contributed by atoms with Gasteiger partial charge in [-0.1, -0.05) is 30.4 Å². The summed E-state index contributed by atoms with van der Waals surface area (Å²) >= 11 is 4.93. The molecule has 21 heavy (non-hydrogen) atoms. The Hall–Kier alpha value is -2.27. The normalized spacial score (nSPS) is 13.1. The number of benzene rings is 2. The highest BCUT2D eigenvalue weighted by Gasteiger charge is 2.26. The lowest BCUT2D eigenvalue weighted by Crippen LogP contribution is -2.29. The number of anilines is 1. The minimum atomic E-state index is -0.342. The molecule has 0 fully saturated rings. The van der Waals surface area contributed by atoms with Crippen molar-refractivity contribution in [2.45, 2.75) is 6.42 Å². The SMILES string of the molecule is NC(=S)c1cccc(C(=O)N2CCc3ccc(F)cc32)c1. The van der Waals surface area contributed by atoms with Crippen LogP contribution in [0.4, 0.5) is 10.1 Å². The largest absolute Gasteiger partial charge is 0.389 e. The molecule has 2 aromatic carbocycles. The molecule has 0 saturated heterocycles. The Morgan fingerprint density at radius 1 is 1.19 bits per heavy atom. The van der Waals surface area contributed by atoms with Gasteiger partial charge in [-0.2, -0.15) is 0 Å². The van der Waals surface area contributed by atoms with Gasteiger partial charge in [0.1, 0.15) is 10.8 Å². The first-order valence-corrected chi connectivity index (χ1v) is 6.97. The summed E-state index contributed by atoms with van der Waals surface area (Å²) in [4.78, 5) is 14.5. The number of nitrogens with zero attached hydrogens (tertiary/aromatic N) is 1. The Kier molecular flexibility index (Phi) is 3.43. The second kappa shape index (κ2) is 5.26. The molecule has 1 aliphatic rings. The van der Waals surface area contributed by atoms with E-state index in [2.05, 4.69) is 0 Å². The predicted octanol–water partition coefficient (Wildman–Crippen LogP) is 2.66. The Balaban J connectivity index is 1.96. The zero-order valence-corrected chi connectivity index (χ0v) is 12.0. The van der Waals surface area contributed by atoms with Crippen LogP contribution in [0.1, 0.15) is 21.5 Å². The fraction of sp³-hybridized carbons (Fsp3) is 0.125. The van der Waals surface area contributed by atoms with E-state index < -0.39 is 0 Å². The van der Waals surface area contributed by atoms with E-state index in [-0.39, 0.29) is 16.7 Å². The van der Waals surface area contributed by atoms with Crippen LogP contribution in [0.5, 0.6) is 0 Å². The highest BCUT2D eigenvalue weighted by Crippen LogP contribution is 2.30. The Morgan fingerprint density at radius 3 is 2.71 bits per heavy atom. The summed E-state index contributed by atoms with van der Waals surface area (Å²) in [5.41, 5.74) is 8.36. The van der Waals surface area contributed by atoms with Crippen molar-refractivity contribution in [1.82, 2.24) is 0 Å². The van der Waals surface area contributed by atoms with Gasteiger partial charge < -0.3 is 10.6 Å². The molecule has 0 aliphatic carbocycles. The zero-order chi connectivity index (χ0) is 15.0. The van der Waals surface area contributed by atoms with Gasteiger partial charge >= 0.3 is 0 Å². The van der Waals surface area contributed by atoms with Crippen molar-refractivity contribution in [3.05, 3.63) is 65.0 Å². The highest BCUT2D eigenvalue weighted by molar-refractivity contribution is 7.80. The molecule has 2 N–H and O–H groups in total. The van der Waals surface area contributed by atoms with Crippen molar-refractivity contribution in [3.8, 4) is 0 Å². The molecule has 3 rings (SSSR count). The van der Waals surface area contributed by atoms with Crippen LogP contribution in [0.15, 0.2) is 42.5 Å². The van der Waals surface area contributed by atoms with Gasteiger partial charge in [-0.3, -0.25) is 4.79 Å². The summed E-state index contributed by atoms with van der Waals surface area (Å²) in [7, 11) is 0. The molecule has 0 radical (unpaired) electrons. The topological polar surface area (TPSA) is 46.3 Å². The third-order valence-electron chi connectivity index (χ3n) is 3.58. The standard InChI is InChI=1S/C16H13FN2OS/c17-13-5-4-10-6-7-19(14(10)9-13)16(20)12-3-1-2-11(8-12)15(18)21/h1-5,8-9H,6-7H2,(H2,18,21). The van der Waals surface area contributed by atoms with Gasteiger partial charge in [0, 0.05) is 17.7 Å². The van der Waals surface area contributed by atoms with E-state index in [1.54, 1.807) is 35.2 Å². The minimum absolute atomic E-state index is 0.169. The molecule has 0 aromatic heterocycles. The van der Waals surface area contributed by atoms with Crippen LogP contribution in [-0.4, -0.2) is 17.4 Å². The Morgan fingerprint density at radius 2 is 1.95 bits per heavy atom. The van der Waals surface area contributed by atoms with Crippen LogP contribution in [0.2, 0.25) is 0 Å². The van der Waals surface area contributed by atoms with Crippen molar-refractivity contribution in [1.29, 1.82) is 0 Å². The molecule has 0 atom stereocenters. The zero-order valence-electron chi connectivity index (χ0n) is 11.2. The summed E-state index contributed by atoms with van der Waals surface area (Å²) in [6.45, 7) is 0.551. The third kappa shape index (κ3) is 2.52. The number of nitrogens with two attached hydrogens (primary N) is 1. The van der Waals surface area contributed by atoms with Crippen molar-refractivity contribution in [2.75, 3.05) is 11.4 Å². The van der Waals surface area contributed by atoms with Gasteiger partial charge in [-0.15, -0.1) is 0 Å². The van der Waals surface area contributed by atoms with Gasteiger partial charge in [0.15, 0.2) is 0 Å². The Bertz CT molecular complexity index is 745. The number of hydrogen-bond donors (Lipinski definition) is 1. The summed E-state index contributed by atoms with van der Waals surface area (Å²) in [5.74, 6) is -0.511. The summed E-state index contributed by atoms with van der Waals surface area (Å²) in [6.07, 6.45) is 0.732. The van der Waals surface area contributed by atoms with Crippen LogP contribution in [-0.2, 0) is 6.42 Å². The molecule has 3 nitrogen and oxygen atoms in total. The van der Waals surface area contributed by atoms with Crippen molar-refractivity contribution in [2.24, 2.45) is 5.73 Å². The first-order valence-electron chi connectivity index (χ1n) is 6.56. The average Bonchev–Trinajstić information content (AvgIpc) is 2.89. The lowest BCUT2D eigenvalue weighted by Gasteiger charge is -2.17. The fourth-order valence-electron chi connectivity index (χ4n) is 2.52. The van der Waals surface area contributed by atoms with Crippen LogP contribution in [0.25, 0.3) is 0 Å². The molecule has 0 bridgehead atoms. The molecule has 5 heteroatoms.